The number of benzene rings is 1. The largest absolute Gasteiger partial charge is 0.430 e. The van der Waals surface area contributed by atoms with Gasteiger partial charge < -0.3 is 21.7 Å². The number of alkyl halides is 6. The van der Waals surface area contributed by atoms with Crippen molar-refractivity contribution in [2.75, 3.05) is 7.05 Å². The predicted molar refractivity (Wildman–Crippen MR) is 74.6 cm³/mol. The lowest BCUT2D eigenvalue weighted by atomic mass is 10.1. The molecule has 5 N–H and O–H groups in total. The Kier molecular flexibility index (Phi) is 4.53. The molecule has 2 rings (SSSR count). The molecule has 0 radical (unpaired) electrons. The van der Waals surface area contributed by atoms with Gasteiger partial charge in [-0.05, 0) is 18.2 Å². The number of halogens is 7. The average molecular weight is 370 g/mol. The van der Waals surface area contributed by atoms with Gasteiger partial charge in [0.05, 0.1) is 11.3 Å². The van der Waals surface area contributed by atoms with Crippen LogP contribution >= 0.6 is 0 Å². The van der Waals surface area contributed by atoms with Crippen molar-refractivity contribution >= 4 is 0 Å². The fourth-order valence-corrected chi connectivity index (χ4v) is 2.21. The predicted octanol–water partition coefficient (Wildman–Crippen LogP) is 2.91. The normalized spacial score (nSPS) is 19.4. The van der Waals surface area contributed by atoms with Crippen molar-refractivity contribution in [3.63, 3.8) is 0 Å². The molecule has 25 heavy (non-hydrogen) atoms. The molecule has 0 aromatic heterocycles. The zero-order valence-corrected chi connectivity index (χ0v) is 12.6. The van der Waals surface area contributed by atoms with E-state index in [2.05, 4.69) is 5.32 Å². The Morgan fingerprint density at radius 3 is 2.28 bits per heavy atom. The van der Waals surface area contributed by atoms with Crippen LogP contribution in [0.4, 0.5) is 30.7 Å². The van der Waals surface area contributed by atoms with Gasteiger partial charge in [0, 0.05) is 12.6 Å². The van der Waals surface area contributed by atoms with E-state index in [1.807, 2.05) is 0 Å². The van der Waals surface area contributed by atoms with Gasteiger partial charge in [-0.3, -0.25) is 0 Å². The first kappa shape index (κ1) is 18.7. The van der Waals surface area contributed by atoms with Gasteiger partial charge in [0.25, 0.3) is 0 Å². The summed E-state index contributed by atoms with van der Waals surface area (Å²) in [4.78, 5) is 1.18. The fraction of sp³-hybridized carbons (Fsp3) is 0.286. The highest BCUT2D eigenvalue weighted by molar-refractivity contribution is 5.36. The Morgan fingerprint density at radius 2 is 1.80 bits per heavy atom. The van der Waals surface area contributed by atoms with Crippen LogP contribution in [-0.2, 0) is 6.18 Å². The van der Waals surface area contributed by atoms with Crippen LogP contribution in [0.15, 0.2) is 41.5 Å². The maximum atomic E-state index is 14.1. The van der Waals surface area contributed by atoms with Gasteiger partial charge in [0.1, 0.15) is 23.5 Å². The Balaban J connectivity index is 2.33. The van der Waals surface area contributed by atoms with Crippen molar-refractivity contribution in [2.45, 2.75) is 18.5 Å². The van der Waals surface area contributed by atoms with Gasteiger partial charge in [-0.2, -0.15) is 26.3 Å². The molecule has 0 spiro atoms. The van der Waals surface area contributed by atoms with Crippen molar-refractivity contribution in [3.8, 4) is 0 Å². The Labute approximate surface area is 137 Å². The van der Waals surface area contributed by atoms with Gasteiger partial charge >= 0.3 is 12.4 Å². The van der Waals surface area contributed by atoms with Gasteiger partial charge in [0.15, 0.2) is 0 Å². The topological polar surface area (TPSA) is 67.3 Å². The van der Waals surface area contributed by atoms with Crippen LogP contribution in [0.1, 0.15) is 17.3 Å². The van der Waals surface area contributed by atoms with E-state index in [0.717, 1.165) is 6.07 Å². The molecule has 0 aliphatic carbocycles. The number of nitrogens with one attached hydrogen (secondary N) is 1. The molecule has 1 aliphatic rings. The lowest BCUT2D eigenvalue weighted by Gasteiger charge is -2.24. The molecule has 1 aromatic carbocycles. The van der Waals surface area contributed by atoms with E-state index in [9.17, 15) is 30.7 Å². The van der Waals surface area contributed by atoms with Crippen LogP contribution < -0.4 is 16.8 Å². The van der Waals surface area contributed by atoms with Crippen LogP contribution in [0, 0.1) is 5.82 Å². The van der Waals surface area contributed by atoms with E-state index in [-0.39, 0.29) is 17.1 Å². The third-order valence-corrected chi connectivity index (χ3v) is 3.58. The second-order valence-electron chi connectivity index (χ2n) is 5.29. The number of nitrogens with zero attached hydrogens (tertiary/aromatic N) is 1. The number of nitrogens with two attached hydrogens (primary N) is 2. The summed E-state index contributed by atoms with van der Waals surface area (Å²) in [5.74, 6) is -1.35. The highest BCUT2D eigenvalue weighted by atomic mass is 19.4. The van der Waals surface area contributed by atoms with E-state index < -0.39 is 35.6 Å². The van der Waals surface area contributed by atoms with Crippen molar-refractivity contribution < 1.29 is 30.7 Å². The zero-order chi connectivity index (χ0) is 19.2. The van der Waals surface area contributed by atoms with Crippen molar-refractivity contribution in [1.29, 1.82) is 0 Å². The number of hydrogen-bond acceptors (Lipinski definition) is 4. The third kappa shape index (κ3) is 3.74. The van der Waals surface area contributed by atoms with E-state index in [0.29, 0.717) is 18.2 Å². The molecule has 0 saturated heterocycles. The van der Waals surface area contributed by atoms with E-state index >= 15 is 0 Å². The summed E-state index contributed by atoms with van der Waals surface area (Å²) in [5.41, 5.74) is 7.52. The molecule has 1 atom stereocenters. The number of allylic oxidation sites excluding steroid dienone is 2. The molecule has 0 bridgehead atoms. The third-order valence-electron chi connectivity index (χ3n) is 3.58. The van der Waals surface area contributed by atoms with Crippen molar-refractivity contribution in [1.82, 2.24) is 10.2 Å². The van der Waals surface area contributed by atoms with Crippen LogP contribution in [0.25, 0.3) is 0 Å². The van der Waals surface area contributed by atoms with Crippen LogP contribution in [-0.4, -0.2) is 18.1 Å². The van der Waals surface area contributed by atoms with Crippen LogP contribution in [0.2, 0.25) is 0 Å². The van der Waals surface area contributed by atoms with Crippen LogP contribution in [0.3, 0.4) is 0 Å². The minimum Gasteiger partial charge on any atom is -0.395 e. The van der Waals surface area contributed by atoms with Gasteiger partial charge in [0.2, 0.25) is 0 Å². The quantitative estimate of drug-likeness (QED) is 0.701. The van der Waals surface area contributed by atoms with E-state index in [4.69, 9.17) is 11.5 Å². The molecule has 1 aromatic rings. The smallest absolute Gasteiger partial charge is 0.395 e. The highest BCUT2D eigenvalue weighted by Gasteiger charge is 2.36. The highest BCUT2D eigenvalue weighted by Crippen LogP contribution is 2.34. The Hall–Kier alpha value is -2.59. The minimum absolute atomic E-state index is 0.170. The summed E-state index contributed by atoms with van der Waals surface area (Å²) in [6.07, 6.45) is -10.1. The Morgan fingerprint density at radius 1 is 1.20 bits per heavy atom. The molecule has 1 heterocycles. The molecule has 138 valence electrons. The monoisotopic (exact) mass is 370 g/mol. The summed E-state index contributed by atoms with van der Waals surface area (Å²) < 4.78 is 89.3. The maximum Gasteiger partial charge on any atom is 0.430 e. The van der Waals surface area contributed by atoms with E-state index in [1.54, 1.807) is 0 Å². The lowest BCUT2D eigenvalue weighted by molar-refractivity contribution is -0.137. The number of hydrogen-bond donors (Lipinski definition) is 3. The first-order valence-electron chi connectivity index (χ1n) is 6.72. The molecule has 4 nitrogen and oxygen atoms in total. The second kappa shape index (κ2) is 6.05. The molecule has 11 heteroatoms. The summed E-state index contributed by atoms with van der Waals surface area (Å²) in [6, 6.07) is 1.86. The molecular weight excluding hydrogens is 357 g/mol. The van der Waals surface area contributed by atoms with Crippen LogP contribution in [0.5, 0.6) is 0 Å². The fourth-order valence-electron chi connectivity index (χ4n) is 2.21. The molecule has 0 fully saturated rings. The standard InChI is InChI=1S/C14H13F7N4/c1-25-11(23)9(5-10(22)14(19,20)21)24-12(25)7-3-2-6(4-8(7)15)13(16,17)18/h2-5,12,24H,22-23H2,1H3/b10-5-. The molecule has 1 aliphatic heterocycles. The van der Waals surface area contributed by atoms with Crippen molar-refractivity contribution in [2.24, 2.45) is 11.5 Å². The lowest BCUT2D eigenvalue weighted by Crippen LogP contribution is -2.29. The first-order valence-corrected chi connectivity index (χ1v) is 6.72. The molecule has 0 amide bonds. The van der Waals surface area contributed by atoms with Gasteiger partial charge in [-0.1, -0.05) is 6.07 Å². The molecule has 0 saturated carbocycles. The summed E-state index contributed by atoms with van der Waals surface area (Å²) in [5, 5.41) is 2.51. The van der Waals surface area contributed by atoms with Gasteiger partial charge in [-0.25, -0.2) is 4.39 Å². The second-order valence-corrected chi connectivity index (χ2v) is 5.29. The van der Waals surface area contributed by atoms with E-state index in [1.165, 1.54) is 11.9 Å². The molecule has 1 unspecified atom stereocenters. The van der Waals surface area contributed by atoms with Crippen molar-refractivity contribution in [3.05, 3.63) is 58.4 Å². The Bertz CT molecular complexity index is 734. The van der Waals surface area contributed by atoms with Gasteiger partial charge in [-0.15, -0.1) is 0 Å². The molecular formula is C14H13F7N4. The summed E-state index contributed by atoms with van der Waals surface area (Å²) in [7, 11) is 1.34. The summed E-state index contributed by atoms with van der Waals surface area (Å²) >= 11 is 0. The zero-order valence-electron chi connectivity index (χ0n) is 12.6. The average Bonchev–Trinajstić information content (AvgIpc) is 2.73. The maximum absolute atomic E-state index is 14.1. The summed E-state index contributed by atoms with van der Waals surface area (Å²) in [6.45, 7) is 0. The minimum atomic E-state index is -4.79. The SMILES string of the molecule is CN1C(N)=C(/C=C(\N)C(F)(F)F)NC1c1ccc(C(F)(F)F)cc1F. The first-order chi connectivity index (χ1) is 11.3. The number of rotatable bonds is 2.